The van der Waals surface area contributed by atoms with Gasteiger partial charge in [-0.1, -0.05) is 298 Å². The Hall–Kier alpha value is -3.67. The Morgan fingerprint density at radius 2 is 0.500 bits per heavy atom. The van der Waals surface area contributed by atoms with Crippen LogP contribution in [-0.2, 0) is 28.6 Å². The molecule has 0 amide bonds. The summed E-state index contributed by atoms with van der Waals surface area (Å²) in [5.41, 5.74) is 0. The summed E-state index contributed by atoms with van der Waals surface area (Å²) >= 11 is 0. The molecule has 0 saturated heterocycles. The average molecular weight is 1090 g/mol. The van der Waals surface area contributed by atoms with Gasteiger partial charge in [0.2, 0.25) is 0 Å². The lowest BCUT2D eigenvalue weighted by molar-refractivity contribution is -0.167. The van der Waals surface area contributed by atoms with Crippen LogP contribution in [0.5, 0.6) is 0 Å². The highest BCUT2D eigenvalue weighted by molar-refractivity contribution is 5.71. The van der Waals surface area contributed by atoms with Crippen molar-refractivity contribution >= 4 is 17.9 Å². The van der Waals surface area contributed by atoms with Crippen LogP contribution in [0.1, 0.15) is 323 Å². The van der Waals surface area contributed by atoms with Crippen LogP contribution in [0.4, 0.5) is 0 Å². The van der Waals surface area contributed by atoms with E-state index in [0.29, 0.717) is 19.3 Å². The smallest absolute Gasteiger partial charge is 0.306 e. The number of hydrogen-bond donors (Lipinski definition) is 0. The molecule has 0 fully saturated rings. The fourth-order valence-corrected chi connectivity index (χ4v) is 9.36. The Labute approximate surface area is 483 Å². The topological polar surface area (TPSA) is 78.9 Å². The van der Waals surface area contributed by atoms with E-state index in [4.69, 9.17) is 14.2 Å². The molecule has 0 N–H and O–H groups in total. The molecule has 0 saturated carbocycles. The number of allylic oxidation sites excluding steroid dienone is 16. The van der Waals surface area contributed by atoms with Gasteiger partial charge in [0.05, 0.1) is 0 Å². The summed E-state index contributed by atoms with van der Waals surface area (Å²) in [6.45, 7) is 6.52. The van der Waals surface area contributed by atoms with Crippen LogP contribution in [0.25, 0.3) is 0 Å². The van der Waals surface area contributed by atoms with Crippen LogP contribution in [0.3, 0.4) is 0 Å². The van der Waals surface area contributed by atoms with E-state index in [2.05, 4.69) is 118 Å². The summed E-state index contributed by atoms with van der Waals surface area (Å²) in [6.07, 6.45) is 88.4. The van der Waals surface area contributed by atoms with Gasteiger partial charge >= 0.3 is 17.9 Å². The highest BCUT2D eigenvalue weighted by atomic mass is 16.6. The maximum Gasteiger partial charge on any atom is 0.306 e. The van der Waals surface area contributed by atoms with Crippen LogP contribution in [0.15, 0.2) is 97.2 Å². The molecule has 6 heteroatoms. The highest BCUT2D eigenvalue weighted by Crippen LogP contribution is 2.17. The second-order valence-corrected chi connectivity index (χ2v) is 22.0. The number of carbonyl (C=O) groups is 3. The third-order valence-electron chi connectivity index (χ3n) is 14.3. The SMILES string of the molecule is CC/C=C\C/C=C\C/C=C\C/C=C\C/C=C\C/C=C\CCCCCCC(=O)OCC(COC(=O)CCCCCCCCCCCCCCCCCCCC)OC(=O)CCCCCCCCCCC/C=C\C/C=C\CCCCC. The molecule has 0 rings (SSSR count). The van der Waals surface area contributed by atoms with Crippen LogP contribution in [0, 0.1) is 0 Å². The van der Waals surface area contributed by atoms with Crippen LogP contribution >= 0.6 is 0 Å². The fourth-order valence-electron chi connectivity index (χ4n) is 9.36. The molecular formula is C72H124O6. The van der Waals surface area contributed by atoms with Crippen LogP contribution in [-0.4, -0.2) is 37.2 Å². The Morgan fingerprint density at radius 3 is 0.808 bits per heavy atom. The molecule has 0 aromatic heterocycles. The lowest BCUT2D eigenvalue weighted by atomic mass is 10.0. The highest BCUT2D eigenvalue weighted by Gasteiger charge is 2.19. The lowest BCUT2D eigenvalue weighted by Gasteiger charge is -2.18. The van der Waals surface area contributed by atoms with E-state index in [0.717, 1.165) is 116 Å². The van der Waals surface area contributed by atoms with Crippen molar-refractivity contribution in [2.45, 2.75) is 329 Å². The van der Waals surface area contributed by atoms with E-state index in [1.807, 2.05) is 0 Å². The van der Waals surface area contributed by atoms with Crippen molar-refractivity contribution in [1.82, 2.24) is 0 Å². The molecular weight excluding hydrogens is 961 g/mol. The molecule has 1 atom stereocenters. The second kappa shape index (κ2) is 65.8. The largest absolute Gasteiger partial charge is 0.462 e. The molecule has 0 aliphatic heterocycles. The third kappa shape index (κ3) is 63.2. The summed E-state index contributed by atoms with van der Waals surface area (Å²) in [5.74, 6) is -0.901. The Kier molecular flexibility index (Phi) is 62.7. The minimum atomic E-state index is -0.792. The van der Waals surface area contributed by atoms with E-state index in [1.54, 1.807) is 0 Å². The number of hydrogen-bond acceptors (Lipinski definition) is 6. The standard InChI is InChI=1S/C72H124O6/c1-4-7-10-13-16-19-22-25-28-31-34-35-36-37-39-41-44-47-50-53-56-59-62-65-71(74)77-68-69(67-76-70(73)64-61-58-55-52-49-46-43-40-33-30-27-24-21-18-15-12-9-6-3)78-72(75)66-63-60-57-54-51-48-45-42-38-32-29-26-23-20-17-14-11-8-5-2/h7,10,16-17,19-20,25-26,28-29,34-35,37,39,44,47,69H,4-6,8-9,11-15,18,21-24,27,30-33,36,38,40-43,45-46,48-68H2,1-3H3/b10-7-,19-16-,20-17-,28-25-,29-26-,35-34-,39-37-,47-44-. The first-order chi connectivity index (χ1) is 38.5. The van der Waals surface area contributed by atoms with Gasteiger partial charge in [-0.3, -0.25) is 14.4 Å². The van der Waals surface area contributed by atoms with Crippen molar-refractivity contribution in [1.29, 1.82) is 0 Å². The molecule has 1 unspecified atom stereocenters. The molecule has 0 aliphatic rings. The zero-order valence-corrected chi connectivity index (χ0v) is 51.4. The molecule has 0 aromatic rings. The molecule has 0 aromatic carbocycles. The first-order valence-electron chi connectivity index (χ1n) is 33.2. The molecule has 0 bridgehead atoms. The lowest BCUT2D eigenvalue weighted by Crippen LogP contribution is -2.30. The number of carbonyl (C=O) groups excluding carboxylic acids is 3. The van der Waals surface area contributed by atoms with E-state index >= 15 is 0 Å². The van der Waals surface area contributed by atoms with Crippen molar-refractivity contribution in [2.24, 2.45) is 0 Å². The van der Waals surface area contributed by atoms with E-state index < -0.39 is 6.10 Å². The molecule has 78 heavy (non-hydrogen) atoms. The Balaban J connectivity index is 4.43. The van der Waals surface area contributed by atoms with Crippen LogP contribution < -0.4 is 0 Å². The monoisotopic (exact) mass is 1080 g/mol. The van der Waals surface area contributed by atoms with Gasteiger partial charge in [0, 0.05) is 19.3 Å². The van der Waals surface area contributed by atoms with Gasteiger partial charge in [0.15, 0.2) is 6.10 Å². The van der Waals surface area contributed by atoms with Crippen molar-refractivity contribution in [3.05, 3.63) is 97.2 Å². The summed E-state index contributed by atoms with van der Waals surface area (Å²) < 4.78 is 17.0. The predicted octanol–water partition coefficient (Wildman–Crippen LogP) is 22.8. The van der Waals surface area contributed by atoms with Crippen molar-refractivity contribution < 1.29 is 28.6 Å². The van der Waals surface area contributed by atoms with E-state index in [-0.39, 0.29) is 31.1 Å². The van der Waals surface area contributed by atoms with Gasteiger partial charge in [0.1, 0.15) is 13.2 Å². The number of esters is 3. The first-order valence-corrected chi connectivity index (χ1v) is 33.2. The van der Waals surface area contributed by atoms with Crippen molar-refractivity contribution in [3.63, 3.8) is 0 Å². The quantitative estimate of drug-likeness (QED) is 0.0261. The van der Waals surface area contributed by atoms with Gasteiger partial charge in [-0.15, -0.1) is 0 Å². The molecule has 0 radical (unpaired) electrons. The number of rotatable bonds is 60. The van der Waals surface area contributed by atoms with Crippen LogP contribution in [0.2, 0.25) is 0 Å². The predicted molar refractivity (Wildman–Crippen MR) is 339 cm³/mol. The molecule has 0 aliphatic carbocycles. The zero-order valence-electron chi connectivity index (χ0n) is 51.4. The van der Waals surface area contributed by atoms with Crippen molar-refractivity contribution in [3.8, 4) is 0 Å². The van der Waals surface area contributed by atoms with E-state index in [9.17, 15) is 14.4 Å². The number of unbranched alkanes of at least 4 members (excludes halogenated alkanes) is 33. The van der Waals surface area contributed by atoms with Gasteiger partial charge in [-0.05, 0) is 103 Å². The summed E-state index contributed by atoms with van der Waals surface area (Å²) in [6, 6.07) is 0. The Bertz CT molecular complexity index is 1530. The summed E-state index contributed by atoms with van der Waals surface area (Å²) in [7, 11) is 0. The Morgan fingerprint density at radius 1 is 0.269 bits per heavy atom. The average Bonchev–Trinajstić information content (AvgIpc) is 3.44. The third-order valence-corrected chi connectivity index (χ3v) is 14.3. The second-order valence-electron chi connectivity index (χ2n) is 22.0. The first kappa shape index (κ1) is 74.3. The maximum atomic E-state index is 12.9. The van der Waals surface area contributed by atoms with Gasteiger partial charge < -0.3 is 14.2 Å². The fraction of sp³-hybridized carbons (Fsp3) is 0.736. The van der Waals surface area contributed by atoms with Gasteiger partial charge in [0.25, 0.3) is 0 Å². The minimum absolute atomic E-state index is 0.0850. The minimum Gasteiger partial charge on any atom is -0.462 e. The van der Waals surface area contributed by atoms with Crippen molar-refractivity contribution in [2.75, 3.05) is 13.2 Å². The summed E-state index contributed by atoms with van der Waals surface area (Å²) in [5, 5.41) is 0. The zero-order chi connectivity index (χ0) is 56.4. The van der Waals surface area contributed by atoms with Gasteiger partial charge in [-0.2, -0.15) is 0 Å². The molecule has 6 nitrogen and oxygen atoms in total. The van der Waals surface area contributed by atoms with E-state index in [1.165, 1.54) is 167 Å². The maximum absolute atomic E-state index is 12.9. The normalized spacial score (nSPS) is 12.7. The molecule has 0 heterocycles. The molecule has 448 valence electrons. The molecule has 0 spiro atoms. The number of ether oxygens (including phenoxy) is 3. The summed E-state index contributed by atoms with van der Waals surface area (Å²) in [4.78, 5) is 38.4. The van der Waals surface area contributed by atoms with Gasteiger partial charge in [-0.25, -0.2) is 0 Å².